The van der Waals surface area contributed by atoms with Crippen LogP contribution in [0.4, 0.5) is 0 Å². The van der Waals surface area contributed by atoms with Crippen molar-refractivity contribution in [2.24, 2.45) is 0 Å². The van der Waals surface area contributed by atoms with Crippen LogP contribution in [-0.4, -0.2) is 40.1 Å². The first kappa shape index (κ1) is 18.5. The fraction of sp³-hybridized carbons (Fsp3) is 0.389. The van der Waals surface area contributed by atoms with Gasteiger partial charge in [0.15, 0.2) is 0 Å². The molecule has 0 aliphatic rings. The number of aliphatic carboxylic acids is 1. The maximum Gasteiger partial charge on any atom is 0.326 e. The number of hydrogen-bond donors (Lipinski definition) is 3. The van der Waals surface area contributed by atoms with E-state index in [9.17, 15) is 14.7 Å². The Hall–Kier alpha value is -2.83. The second kappa shape index (κ2) is 8.32. The molecule has 0 spiro atoms. The van der Waals surface area contributed by atoms with E-state index in [1.54, 1.807) is 20.1 Å². The zero-order valence-electron chi connectivity index (χ0n) is 14.6. The molecule has 25 heavy (non-hydrogen) atoms. The molecule has 0 saturated heterocycles. The molecule has 0 saturated carbocycles. The van der Waals surface area contributed by atoms with Crippen LogP contribution in [0.5, 0.6) is 5.75 Å². The zero-order chi connectivity index (χ0) is 18.4. The number of aromatic amines is 1. The number of carboxylic acids is 1. The van der Waals surface area contributed by atoms with E-state index in [0.29, 0.717) is 23.7 Å². The van der Waals surface area contributed by atoms with Crippen LogP contribution in [0, 0.1) is 6.92 Å². The van der Waals surface area contributed by atoms with Gasteiger partial charge in [-0.25, -0.2) is 9.78 Å². The van der Waals surface area contributed by atoms with Gasteiger partial charge in [0.25, 0.3) is 5.91 Å². The molecule has 1 amide bonds. The average Bonchev–Trinajstić information content (AvgIpc) is 3.00. The molecule has 0 radical (unpaired) electrons. The highest BCUT2D eigenvalue weighted by Crippen LogP contribution is 2.22. The Morgan fingerprint density at radius 3 is 2.80 bits per heavy atom. The number of carboxylic acid groups (broad SMARTS) is 1. The number of carbonyl (C=O) groups is 2. The zero-order valence-corrected chi connectivity index (χ0v) is 14.6. The Bertz CT molecular complexity index is 755. The standard InChI is InChI=1S/C18H23N3O4/c1-4-5-9-14(18(23)24)20-17(22)15-11(2)19-16(21-15)12-7-6-8-13(10-12)25-3/h6-8,10,14H,4-5,9H2,1-3H3,(H,19,21)(H,20,22)(H,23,24)/t14-/m0/s1. The summed E-state index contributed by atoms with van der Waals surface area (Å²) in [5, 5.41) is 11.8. The summed E-state index contributed by atoms with van der Waals surface area (Å²) in [4.78, 5) is 31.1. The molecule has 0 bridgehead atoms. The lowest BCUT2D eigenvalue weighted by molar-refractivity contribution is -0.139. The first-order valence-corrected chi connectivity index (χ1v) is 8.21. The molecule has 3 N–H and O–H groups in total. The molecule has 134 valence electrons. The number of carbonyl (C=O) groups excluding carboxylic acids is 1. The summed E-state index contributed by atoms with van der Waals surface area (Å²) in [5.74, 6) is -0.320. The minimum Gasteiger partial charge on any atom is -0.497 e. The number of unbranched alkanes of at least 4 members (excludes halogenated alkanes) is 1. The second-order valence-electron chi connectivity index (χ2n) is 5.80. The lowest BCUT2D eigenvalue weighted by Gasteiger charge is -2.13. The van der Waals surface area contributed by atoms with Crippen LogP contribution < -0.4 is 10.1 Å². The predicted molar refractivity (Wildman–Crippen MR) is 93.7 cm³/mol. The third-order valence-corrected chi connectivity index (χ3v) is 3.89. The average molecular weight is 345 g/mol. The van der Waals surface area contributed by atoms with Crippen molar-refractivity contribution in [2.75, 3.05) is 7.11 Å². The first-order valence-electron chi connectivity index (χ1n) is 8.21. The maximum atomic E-state index is 12.4. The third-order valence-electron chi connectivity index (χ3n) is 3.89. The van der Waals surface area contributed by atoms with Crippen LogP contribution in [0.15, 0.2) is 24.3 Å². The number of rotatable bonds is 8. The van der Waals surface area contributed by atoms with Crippen molar-refractivity contribution in [3.05, 3.63) is 35.7 Å². The van der Waals surface area contributed by atoms with Crippen molar-refractivity contribution < 1.29 is 19.4 Å². The van der Waals surface area contributed by atoms with E-state index >= 15 is 0 Å². The fourth-order valence-corrected chi connectivity index (χ4v) is 2.48. The highest BCUT2D eigenvalue weighted by Gasteiger charge is 2.23. The van der Waals surface area contributed by atoms with Gasteiger partial charge in [0.2, 0.25) is 0 Å². The van der Waals surface area contributed by atoms with E-state index in [0.717, 1.165) is 18.4 Å². The molecule has 0 aliphatic heterocycles. The Labute approximate surface area is 146 Å². The van der Waals surface area contributed by atoms with Gasteiger partial charge in [-0.05, 0) is 25.5 Å². The van der Waals surface area contributed by atoms with Crippen molar-refractivity contribution in [3.8, 4) is 17.1 Å². The summed E-state index contributed by atoms with van der Waals surface area (Å²) in [6.07, 6.45) is 1.98. The Kier molecular flexibility index (Phi) is 6.16. The van der Waals surface area contributed by atoms with Crippen molar-refractivity contribution >= 4 is 11.9 Å². The Balaban J connectivity index is 2.20. The predicted octanol–water partition coefficient (Wildman–Crippen LogP) is 2.77. The van der Waals surface area contributed by atoms with Gasteiger partial charge in [0, 0.05) is 11.3 Å². The topological polar surface area (TPSA) is 104 Å². The van der Waals surface area contributed by atoms with Crippen molar-refractivity contribution in [1.82, 2.24) is 15.3 Å². The normalized spacial score (nSPS) is 11.8. The highest BCUT2D eigenvalue weighted by atomic mass is 16.5. The van der Waals surface area contributed by atoms with Gasteiger partial charge in [-0.2, -0.15) is 0 Å². The monoisotopic (exact) mass is 345 g/mol. The SMILES string of the molecule is CCCC[C@H](NC(=O)c1nc(-c2cccc(OC)c2)[nH]c1C)C(=O)O. The summed E-state index contributed by atoms with van der Waals surface area (Å²) in [6, 6.07) is 6.39. The number of methoxy groups -OCH3 is 1. The van der Waals surface area contributed by atoms with Crippen LogP contribution in [0.2, 0.25) is 0 Å². The number of H-pyrrole nitrogens is 1. The van der Waals surface area contributed by atoms with Gasteiger partial charge >= 0.3 is 5.97 Å². The molecule has 2 aromatic rings. The Morgan fingerprint density at radius 2 is 2.16 bits per heavy atom. The number of aryl methyl sites for hydroxylation is 1. The lowest BCUT2D eigenvalue weighted by atomic mass is 10.1. The number of benzene rings is 1. The molecule has 2 rings (SSSR count). The molecule has 1 aromatic carbocycles. The lowest BCUT2D eigenvalue weighted by Crippen LogP contribution is -2.41. The van der Waals surface area contributed by atoms with Gasteiger partial charge in [0.1, 0.15) is 23.3 Å². The van der Waals surface area contributed by atoms with Crippen molar-refractivity contribution in [1.29, 1.82) is 0 Å². The van der Waals surface area contributed by atoms with Gasteiger partial charge in [-0.15, -0.1) is 0 Å². The largest absolute Gasteiger partial charge is 0.497 e. The molecule has 0 aliphatic carbocycles. The van der Waals surface area contributed by atoms with E-state index in [2.05, 4.69) is 15.3 Å². The molecular formula is C18H23N3O4. The molecule has 1 aromatic heterocycles. The van der Waals surface area contributed by atoms with E-state index in [4.69, 9.17) is 4.74 Å². The fourth-order valence-electron chi connectivity index (χ4n) is 2.48. The van der Waals surface area contributed by atoms with Gasteiger partial charge in [-0.1, -0.05) is 31.9 Å². The van der Waals surface area contributed by atoms with E-state index in [1.807, 2.05) is 25.1 Å². The van der Waals surface area contributed by atoms with Gasteiger partial charge in [0.05, 0.1) is 7.11 Å². The summed E-state index contributed by atoms with van der Waals surface area (Å²) in [7, 11) is 1.58. The number of hydrogen-bond acceptors (Lipinski definition) is 4. The molecular weight excluding hydrogens is 322 g/mol. The molecule has 1 heterocycles. The van der Waals surface area contributed by atoms with Gasteiger partial charge < -0.3 is 20.1 Å². The van der Waals surface area contributed by atoms with Crippen molar-refractivity contribution in [3.63, 3.8) is 0 Å². The third kappa shape index (κ3) is 4.59. The van der Waals surface area contributed by atoms with Gasteiger partial charge in [-0.3, -0.25) is 4.79 Å². The van der Waals surface area contributed by atoms with Crippen LogP contribution >= 0.6 is 0 Å². The molecule has 7 heteroatoms. The van der Waals surface area contributed by atoms with Crippen LogP contribution in [0.1, 0.15) is 42.4 Å². The summed E-state index contributed by atoms with van der Waals surface area (Å²) >= 11 is 0. The molecule has 0 unspecified atom stereocenters. The minimum atomic E-state index is -1.04. The van der Waals surface area contributed by atoms with E-state index in [1.165, 1.54) is 0 Å². The molecule has 7 nitrogen and oxygen atoms in total. The van der Waals surface area contributed by atoms with Crippen LogP contribution in [0.3, 0.4) is 0 Å². The highest BCUT2D eigenvalue weighted by molar-refractivity contribution is 5.96. The number of aromatic nitrogens is 2. The summed E-state index contributed by atoms with van der Waals surface area (Å²) in [6.45, 7) is 3.70. The van der Waals surface area contributed by atoms with Crippen LogP contribution in [-0.2, 0) is 4.79 Å². The number of amides is 1. The number of nitrogens with one attached hydrogen (secondary N) is 2. The van der Waals surface area contributed by atoms with Crippen LogP contribution in [0.25, 0.3) is 11.4 Å². The summed E-state index contributed by atoms with van der Waals surface area (Å²) in [5.41, 5.74) is 1.55. The van der Waals surface area contributed by atoms with E-state index in [-0.39, 0.29) is 5.69 Å². The molecule has 1 atom stereocenters. The van der Waals surface area contributed by atoms with E-state index < -0.39 is 17.9 Å². The number of nitrogens with zero attached hydrogens (tertiary/aromatic N) is 1. The quantitative estimate of drug-likeness (QED) is 0.682. The number of imidazole rings is 1. The minimum absolute atomic E-state index is 0.195. The Morgan fingerprint density at radius 1 is 1.40 bits per heavy atom. The maximum absolute atomic E-state index is 12.4. The molecule has 0 fully saturated rings. The smallest absolute Gasteiger partial charge is 0.326 e. The summed E-state index contributed by atoms with van der Waals surface area (Å²) < 4.78 is 5.19. The first-order chi connectivity index (χ1) is 12.0. The van der Waals surface area contributed by atoms with Crippen molar-refractivity contribution in [2.45, 2.75) is 39.2 Å². The second-order valence-corrected chi connectivity index (χ2v) is 5.80. The number of ether oxygens (including phenoxy) is 1.